The Kier molecular flexibility index (Phi) is 5.08. The van der Waals surface area contributed by atoms with E-state index in [1.165, 1.54) is 0 Å². The predicted molar refractivity (Wildman–Crippen MR) is 109 cm³/mol. The number of fused-ring (bicyclic) bond motifs is 1. The number of anilines is 1. The van der Waals surface area contributed by atoms with Crippen LogP contribution in [0.1, 0.15) is 12.1 Å². The van der Waals surface area contributed by atoms with Crippen LogP contribution in [-0.4, -0.2) is 28.5 Å². The van der Waals surface area contributed by atoms with E-state index < -0.39 is 0 Å². The van der Waals surface area contributed by atoms with Crippen LogP contribution in [0.15, 0.2) is 65.9 Å². The van der Waals surface area contributed by atoms with Crippen molar-refractivity contribution in [3.05, 3.63) is 66.6 Å². The molecule has 1 aliphatic rings. The lowest BCUT2D eigenvalue weighted by Gasteiger charge is -2.32. The van der Waals surface area contributed by atoms with E-state index in [9.17, 15) is 5.26 Å². The van der Waals surface area contributed by atoms with Gasteiger partial charge in [0.2, 0.25) is 5.96 Å². The van der Waals surface area contributed by atoms with E-state index in [-0.39, 0.29) is 6.04 Å². The molecule has 0 fully saturated rings. The molecule has 1 aromatic carbocycles. The highest BCUT2D eigenvalue weighted by molar-refractivity contribution is 7.22. The number of thiazole rings is 1. The van der Waals surface area contributed by atoms with Gasteiger partial charge in [0.05, 0.1) is 28.7 Å². The van der Waals surface area contributed by atoms with Gasteiger partial charge in [-0.25, -0.2) is 4.98 Å². The van der Waals surface area contributed by atoms with Crippen molar-refractivity contribution in [2.24, 2.45) is 4.99 Å². The molecule has 1 N–H and O–H groups in total. The van der Waals surface area contributed by atoms with Crippen LogP contribution in [-0.2, 0) is 6.42 Å². The Hall–Kier alpha value is -3.24. The monoisotopic (exact) mass is 374 g/mol. The molecule has 3 heterocycles. The Morgan fingerprint density at radius 3 is 2.93 bits per heavy atom. The number of para-hydroxylation sites is 1. The number of nitriles is 1. The highest BCUT2D eigenvalue weighted by atomic mass is 32.1. The fourth-order valence-corrected chi connectivity index (χ4v) is 3.96. The molecule has 3 aromatic rings. The number of nitrogens with one attached hydrogen (secondary N) is 1. The van der Waals surface area contributed by atoms with Crippen LogP contribution in [0.25, 0.3) is 10.2 Å². The lowest BCUT2D eigenvalue weighted by atomic mass is 10.2. The quantitative estimate of drug-likeness (QED) is 0.740. The molecule has 0 spiro atoms. The zero-order valence-corrected chi connectivity index (χ0v) is 15.4. The normalized spacial score (nSPS) is 17.8. The molecule has 1 unspecified atom stereocenters. The van der Waals surface area contributed by atoms with Gasteiger partial charge in [-0.2, -0.15) is 5.26 Å². The van der Waals surface area contributed by atoms with Crippen molar-refractivity contribution in [3.63, 3.8) is 0 Å². The summed E-state index contributed by atoms with van der Waals surface area (Å²) >= 11 is 1.61. The van der Waals surface area contributed by atoms with E-state index in [4.69, 9.17) is 9.98 Å². The minimum absolute atomic E-state index is 0.0922. The van der Waals surface area contributed by atoms with Crippen molar-refractivity contribution in [1.82, 2.24) is 15.3 Å². The molecule has 1 atom stereocenters. The first-order valence-corrected chi connectivity index (χ1v) is 9.56. The predicted octanol–water partition coefficient (Wildman–Crippen LogP) is 3.50. The lowest BCUT2D eigenvalue weighted by Crippen LogP contribution is -2.48. The maximum atomic E-state index is 9.24. The highest BCUT2D eigenvalue weighted by Crippen LogP contribution is 2.31. The molecule has 0 bridgehead atoms. The van der Waals surface area contributed by atoms with Gasteiger partial charge in [0.1, 0.15) is 0 Å². The first-order chi connectivity index (χ1) is 13.3. The number of hydrogen-bond donors (Lipinski definition) is 1. The Balaban J connectivity index is 1.63. The number of rotatable bonds is 5. The van der Waals surface area contributed by atoms with Gasteiger partial charge in [-0.1, -0.05) is 29.5 Å². The summed E-state index contributed by atoms with van der Waals surface area (Å²) in [7, 11) is 0. The van der Waals surface area contributed by atoms with Crippen molar-refractivity contribution in [3.8, 4) is 6.07 Å². The molecule has 134 valence electrons. The summed E-state index contributed by atoms with van der Waals surface area (Å²) < 4.78 is 1.12. The largest absolute Gasteiger partial charge is 0.333 e. The zero-order chi connectivity index (χ0) is 18.5. The zero-order valence-electron chi connectivity index (χ0n) is 14.6. The molecule has 0 saturated heterocycles. The van der Waals surface area contributed by atoms with Crippen LogP contribution in [0, 0.1) is 11.3 Å². The number of guanidine groups is 1. The van der Waals surface area contributed by atoms with Gasteiger partial charge in [-0.05, 0) is 30.3 Å². The molecular weight excluding hydrogens is 356 g/mol. The fourth-order valence-electron chi connectivity index (χ4n) is 2.94. The summed E-state index contributed by atoms with van der Waals surface area (Å²) in [5, 5.41) is 13.3. The Morgan fingerprint density at radius 1 is 1.22 bits per heavy atom. The second-order valence-electron chi connectivity index (χ2n) is 6.04. The van der Waals surface area contributed by atoms with Crippen LogP contribution >= 0.6 is 11.3 Å². The van der Waals surface area contributed by atoms with E-state index in [1.54, 1.807) is 17.5 Å². The molecule has 6 nitrogen and oxygen atoms in total. The molecule has 0 amide bonds. The average Bonchev–Trinajstić information content (AvgIpc) is 3.13. The summed E-state index contributed by atoms with van der Waals surface area (Å²) in [6.45, 7) is 0.605. The summed E-state index contributed by atoms with van der Waals surface area (Å²) in [6.07, 6.45) is 6.75. The molecule has 7 heteroatoms. The number of aliphatic imine (C=N–C) groups is 1. The summed E-state index contributed by atoms with van der Waals surface area (Å²) in [5.74, 6) is 0.715. The minimum atomic E-state index is -0.0922. The first kappa shape index (κ1) is 17.2. The van der Waals surface area contributed by atoms with Gasteiger partial charge in [-0.3, -0.25) is 14.9 Å². The Morgan fingerprint density at radius 2 is 2.11 bits per heavy atom. The highest BCUT2D eigenvalue weighted by Gasteiger charge is 2.27. The van der Waals surface area contributed by atoms with Gasteiger partial charge in [0.25, 0.3) is 0 Å². The first-order valence-electron chi connectivity index (χ1n) is 8.74. The molecule has 0 saturated carbocycles. The maximum absolute atomic E-state index is 9.24. The SMILES string of the molecule is N#CCC1C=CNC(=NCCc2ccccn2)N1c1nc2ccccc2s1. The van der Waals surface area contributed by atoms with Crippen molar-refractivity contribution in [1.29, 1.82) is 5.26 Å². The van der Waals surface area contributed by atoms with Crippen molar-refractivity contribution >= 4 is 32.6 Å². The van der Waals surface area contributed by atoms with Crippen molar-refractivity contribution in [2.45, 2.75) is 18.9 Å². The summed E-state index contributed by atoms with van der Waals surface area (Å²) in [5.41, 5.74) is 1.96. The molecule has 1 aliphatic heterocycles. The molecule has 4 rings (SSSR count). The Bertz CT molecular complexity index is 985. The third kappa shape index (κ3) is 3.81. The van der Waals surface area contributed by atoms with E-state index in [0.29, 0.717) is 18.9 Å². The second kappa shape index (κ2) is 7.98. The molecule has 27 heavy (non-hydrogen) atoms. The van der Waals surface area contributed by atoms with Gasteiger partial charge >= 0.3 is 0 Å². The number of aromatic nitrogens is 2. The second-order valence-corrected chi connectivity index (χ2v) is 7.05. The van der Waals surface area contributed by atoms with Crippen LogP contribution in [0.2, 0.25) is 0 Å². The number of pyridine rings is 1. The molecule has 0 aliphatic carbocycles. The summed E-state index contributed by atoms with van der Waals surface area (Å²) in [6, 6.07) is 16.1. The van der Waals surface area contributed by atoms with Crippen LogP contribution in [0.3, 0.4) is 0 Å². The van der Waals surface area contributed by atoms with E-state index in [0.717, 1.165) is 27.5 Å². The summed E-state index contributed by atoms with van der Waals surface area (Å²) in [4.78, 5) is 15.9. The standard InChI is InChI=1S/C20H18N6S/c21-11-8-16-10-14-24-19(23-13-9-15-5-3-4-12-22-15)26(16)20-25-17-6-1-2-7-18(17)27-20/h1-7,10,12,14,16H,8-9,13H2,(H,23,24). The smallest absolute Gasteiger partial charge is 0.204 e. The molecule has 2 aromatic heterocycles. The van der Waals surface area contributed by atoms with Crippen LogP contribution < -0.4 is 10.2 Å². The average molecular weight is 374 g/mol. The third-order valence-electron chi connectivity index (χ3n) is 4.24. The number of hydrogen-bond acceptors (Lipinski definition) is 5. The number of nitrogens with zero attached hydrogens (tertiary/aromatic N) is 5. The van der Waals surface area contributed by atoms with Gasteiger partial charge in [0.15, 0.2) is 5.13 Å². The van der Waals surface area contributed by atoms with Gasteiger partial charge < -0.3 is 5.32 Å². The Labute approximate surface area is 161 Å². The number of benzene rings is 1. The fraction of sp³-hybridized carbons (Fsp3) is 0.200. The van der Waals surface area contributed by atoms with E-state index in [2.05, 4.69) is 22.4 Å². The van der Waals surface area contributed by atoms with E-state index >= 15 is 0 Å². The van der Waals surface area contributed by atoms with Crippen LogP contribution in [0.5, 0.6) is 0 Å². The minimum Gasteiger partial charge on any atom is -0.333 e. The van der Waals surface area contributed by atoms with Crippen molar-refractivity contribution < 1.29 is 0 Å². The maximum Gasteiger partial charge on any atom is 0.204 e. The van der Waals surface area contributed by atoms with Gasteiger partial charge in [-0.15, -0.1) is 0 Å². The van der Waals surface area contributed by atoms with Crippen molar-refractivity contribution in [2.75, 3.05) is 11.4 Å². The lowest BCUT2D eigenvalue weighted by molar-refractivity contribution is 0.768. The molecule has 0 radical (unpaired) electrons. The molecular formula is C20H18N6S. The van der Waals surface area contributed by atoms with Gasteiger partial charge in [0, 0.05) is 31.1 Å². The van der Waals surface area contributed by atoms with Crippen LogP contribution in [0.4, 0.5) is 5.13 Å². The topological polar surface area (TPSA) is 77.2 Å². The third-order valence-corrected chi connectivity index (χ3v) is 5.27. The van der Waals surface area contributed by atoms with E-state index in [1.807, 2.05) is 53.6 Å².